The molecule has 1 nitrogen and oxygen atoms in total. The van der Waals surface area contributed by atoms with Gasteiger partial charge in [0.05, 0.1) is 11.0 Å². The molecule has 0 saturated heterocycles. The third-order valence-electron chi connectivity index (χ3n) is 5.81. The van der Waals surface area contributed by atoms with Crippen LogP contribution in [0.4, 0.5) is 0 Å². The monoisotopic (exact) mass is 465 g/mol. The van der Waals surface area contributed by atoms with Gasteiger partial charge in [-0.25, -0.2) is 0 Å². The van der Waals surface area contributed by atoms with E-state index in [2.05, 4.69) is 87.1 Å². The largest absolute Gasteiger partial charge is 0.353 e. The molecular formula is C32H35NS. The summed E-state index contributed by atoms with van der Waals surface area (Å²) in [6.45, 7) is 21.9. The Labute approximate surface area is 207 Å². The maximum atomic E-state index is 4.13. The number of hydrogen-bond donors (Lipinski definition) is 1. The van der Waals surface area contributed by atoms with E-state index in [1.54, 1.807) is 6.08 Å². The minimum atomic E-state index is 1.03. The Balaban J connectivity index is 0.000000603. The van der Waals surface area contributed by atoms with Gasteiger partial charge < -0.3 is 4.98 Å². The molecule has 2 heteroatoms. The fourth-order valence-corrected chi connectivity index (χ4v) is 5.71. The zero-order valence-electron chi connectivity index (χ0n) is 21.1. The Hall–Kier alpha value is -3.36. The summed E-state index contributed by atoms with van der Waals surface area (Å²) in [6, 6.07) is 13.1. The molecule has 0 unspecified atom stereocenters. The van der Waals surface area contributed by atoms with Crippen LogP contribution in [0, 0.1) is 6.92 Å². The van der Waals surface area contributed by atoms with Gasteiger partial charge >= 0.3 is 0 Å². The SMILES string of the molecule is C=CC.C=Cc1c(C=C)c2sc(C)c(/C=C\CC)c2c2c1[nH]c1c3ccccc3ccc12.CC. The third kappa shape index (κ3) is 4.15. The van der Waals surface area contributed by atoms with Crippen molar-refractivity contribution in [1.82, 2.24) is 4.98 Å². The molecule has 3 aromatic carbocycles. The first-order chi connectivity index (χ1) is 16.6. The van der Waals surface area contributed by atoms with E-state index in [0.717, 1.165) is 17.5 Å². The lowest BCUT2D eigenvalue weighted by atomic mass is 9.95. The highest BCUT2D eigenvalue weighted by molar-refractivity contribution is 7.19. The lowest BCUT2D eigenvalue weighted by Crippen LogP contribution is -1.86. The molecule has 0 bridgehead atoms. The van der Waals surface area contributed by atoms with E-state index in [0.29, 0.717) is 0 Å². The van der Waals surface area contributed by atoms with Crippen LogP contribution in [0.25, 0.3) is 60.9 Å². The molecule has 2 heterocycles. The molecule has 0 radical (unpaired) electrons. The summed E-state index contributed by atoms with van der Waals surface area (Å²) in [5.41, 5.74) is 5.97. The number of benzene rings is 3. The van der Waals surface area contributed by atoms with Crippen LogP contribution >= 0.6 is 11.3 Å². The molecule has 0 fully saturated rings. The van der Waals surface area contributed by atoms with Crippen molar-refractivity contribution < 1.29 is 0 Å². The van der Waals surface area contributed by atoms with E-state index in [-0.39, 0.29) is 0 Å². The average Bonchev–Trinajstić information content (AvgIpc) is 3.40. The van der Waals surface area contributed by atoms with Crippen molar-refractivity contribution in [3.05, 3.63) is 89.9 Å². The van der Waals surface area contributed by atoms with Gasteiger partial charge in [-0.3, -0.25) is 0 Å². The average molecular weight is 466 g/mol. The molecule has 0 saturated carbocycles. The molecule has 0 atom stereocenters. The Kier molecular flexibility index (Phi) is 8.31. The Morgan fingerprint density at radius 1 is 0.853 bits per heavy atom. The number of aromatic amines is 1. The second-order valence-corrected chi connectivity index (χ2v) is 9.04. The number of rotatable bonds is 4. The Morgan fingerprint density at radius 2 is 1.53 bits per heavy atom. The van der Waals surface area contributed by atoms with Crippen molar-refractivity contribution in [1.29, 1.82) is 0 Å². The van der Waals surface area contributed by atoms with Crippen molar-refractivity contribution in [2.45, 2.75) is 41.0 Å². The molecule has 0 spiro atoms. The van der Waals surface area contributed by atoms with Gasteiger partial charge in [0.1, 0.15) is 0 Å². The fourth-order valence-electron chi connectivity index (χ4n) is 4.50. The highest BCUT2D eigenvalue weighted by atomic mass is 32.1. The number of allylic oxidation sites excluding steroid dienone is 2. The smallest absolute Gasteiger partial charge is 0.0551 e. The van der Waals surface area contributed by atoms with Gasteiger partial charge in [-0.05, 0) is 31.2 Å². The van der Waals surface area contributed by atoms with E-state index < -0.39 is 0 Å². The minimum Gasteiger partial charge on any atom is -0.353 e. The van der Waals surface area contributed by atoms with E-state index in [1.807, 2.05) is 44.3 Å². The second-order valence-electron chi connectivity index (χ2n) is 7.81. The normalized spacial score (nSPS) is 10.9. The molecule has 34 heavy (non-hydrogen) atoms. The van der Waals surface area contributed by atoms with Crippen molar-refractivity contribution in [3.8, 4) is 0 Å². The molecule has 0 aliphatic carbocycles. The minimum absolute atomic E-state index is 1.03. The number of aromatic nitrogens is 1. The predicted molar refractivity (Wildman–Crippen MR) is 160 cm³/mol. The van der Waals surface area contributed by atoms with Crippen LogP contribution in [-0.2, 0) is 0 Å². The van der Waals surface area contributed by atoms with Crippen LogP contribution in [0.1, 0.15) is 55.7 Å². The lowest BCUT2D eigenvalue weighted by Gasteiger charge is -2.07. The topological polar surface area (TPSA) is 15.8 Å². The summed E-state index contributed by atoms with van der Waals surface area (Å²) < 4.78 is 1.30. The highest BCUT2D eigenvalue weighted by Gasteiger charge is 2.21. The Morgan fingerprint density at radius 3 is 2.18 bits per heavy atom. The molecule has 174 valence electrons. The summed E-state index contributed by atoms with van der Waals surface area (Å²) in [5.74, 6) is 0. The van der Waals surface area contributed by atoms with E-state index in [4.69, 9.17) is 0 Å². The first kappa shape index (κ1) is 25.3. The molecule has 2 aromatic heterocycles. The van der Waals surface area contributed by atoms with Crippen LogP contribution in [-0.4, -0.2) is 4.98 Å². The number of H-pyrrole nitrogens is 1. The summed E-state index contributed by atoms with van der Waals surface area (Å²) in [7, 11) is 0. The molecule has 0 aliphatic rings. The van der Waals surface area contributed by atoms with Gasteiger partial charge in [0.25, 0.3) is 0 Å². The van der Waals surface area contributed by atoms with Crippen molar-refractivity contribution >= 4 is 72.2 Å². The maximum absolute atomic E-state index is 4.13. The summed E-state index contributed by atoms with van der Waals surface area (Å²) in [4.78, 5) is 5.10. The number of nitrogens with one attached hydrogen (secondary N) is 1. The van der Waals surface area contributed by atoms with Gasteiger partial charge in [-0.1, -0.05) is 101 Å². The van der Waals surface area contributed by atoms with E-state index >= 15 is 0 Å². The number of aryl methyl sites for hydroxylation is 1. The van der Waals surface area contributed by atoms with Crippen LogP contribution < -0.4 is 0 Å². The second kappa shape index (κ2) is 11.2. The summed E-state index contributed by atoms with van der Waals surface area (Å²) >= 11 is 1.86. The number of thiophene rings is 1. The van der Waals surface area contributed by atoms with Crippen LogP contribution in [0.5, 0.6) is 0 Å². The maximum Gasteiger partial charge on any atom is 0.0551 e. The zero-order chi connectivity index (χ0) is 24.8. The van der Waals surface area contributed by atoms with Crippen molar-refractivity contribution in [2.75, 3.05) is 0 Å². The van der Waals surface area contributed by atoms with E-state index in [1.165, 1.54) is 53.2 Å². The number of hydrogen-bond acceptors (Lipinski definition) is 1. The Bertz CT molecular complexity index is 1520. The molecule has 1 N–H and O–H groups in total. The summed E-state index contributed by atoms with van der Waals surface area (Å²) in [6.07, 6.45) is 11.3. The van der Waals surface area contributed by atoms with Crippen LogP contribution in [0.15, 0.2) is 68.3 Å². The van der Waals surface area contributed by atoms with Crippen molar-refractivity contribution in [2.24, 2.45) is 0 Å². The summed E-state index contributed by atoms with van der Waals surface area (Å²) in [5, 5.41) is 6.39. The van der Waals surface area contributed by atoms with Gasteiger partial charge in [0, 0.05) is 42.2 Å². The molecule has 0 amide bonds. The standard InChI is InChI=1S/C27H23NS.C3H6.C2H6/c1-5-8-12-20-16(4)29-27-19(7-3)18(6-2)26-23(24(20)27)22-15-14-17-11-9-10-13-21(17)25(22)28-26;1-3-2;1-2/h6-15,28H,2-3,5H2,1,4H3;3H,1H2,2H3;1-2H3/b12-8-;;. The molecule has 5 rings (SSSR count). The van der Waals surface area contributed by atoms with Crippen LogP contribution in [0.2, 0.25) is 0 Å². The first-order valence-electron chi connectivity index (χ1n) is 12.0. The zero-order valence-corrected chi connectivity index (χ0v) is 21.9. The third-order valence-corrected chi connectivity index (χ3v) is 6.97. The number of fused-ring (bicyclic) bond motifs is 7. The molecule has 0 aliphatic heterocycles. The quantitative estimate of drug-likeness (QED) is 0.254. The van der Waals surface area contributed by atoms with Crippen molar-refractivity contribution in [3.63, 3.8) is 0 Å². The van der Waals surface area contributed by atoms with Gasteiger partial charge in [0.15, 0.2) is 0 Å². The van der Waals surface area contributed by atoms with Gasteiger partial charge in [-0.2, -0.15) is 0 Å². The first-order valence-corrected chi connectivity index (χ1v) is 12.8. The molecular weight excluding hydrogens is 430 g/mol. The highest BCUT2D eigenvalue weighted by Crippen LogP contribution is 2.45. The lowest BCUT2D eigenvalue weighted by molar-refractivity contribution is 1.23. The fraction of sp³-hybridized carbons (Fsp3) is 0.188. The van der Waals surface area contributed by atoms with Crippen LogP contribution in [0.3, 0.4) is 0 Å². The van der Waals surface area contributed by atoms with E-state index in [9.17, 15) is 0 Å². The molecule has 5 aromatic rings. The van der Waals surface area contributed by atoms with Gasteiger partial charge in [0.2, 0.25) is 0 Å². The predicted octanol–water partition coefficient (Wildman–Crippen LogP) is 10.9. The van der Waals surface area contributed by atoms with Gasteiger partial charge in [-0.15, -0.1) is 17.9 Å².